The van der Waals surface area contributed by atoms with Gasteiger partial charge in [-0.25, -0.2) is 0 Å². The summed E-state index contributed by atoms with van der Waals surface area (Å²) in [5.41, 5.74) is 28.9. The van der Waals surface area contributed by atoms with Gasteiger partial charge in [-0.2, -0.15) is 0 Å². The Morgan fingerprint density at radius 2 is 0.152 bits per heavy atom. The molecule has 92 heavy (non-hydrogen) atoms. The van der Waals surface area contributed by atoms with E-state index in [1.165, 1.54) is 44.5 Å². The zero-order valence-electron chi connectivity index (χ0n) is 53.7. The maximum absolute atomic E-state index is 2.37. The van der Waals surface area contributed by atoms with E-state index in [0.717, 1.165) is 102 Å². The molecule has 0 fully saturated rings. The number of nitrogens with zero attached hydrogens (tertiary/aromatic N) is 6. The molecule has 0 bridgehead atoms. The van der Waals surface area contributed by atoms with E-state index in [0.29, 0.717) is 0 Å². The second-order valence-corrected chi connectivity index (χ2v) is 24.3. The first kappa shape index (κ1) is 59.6. The minimum atomic E-state index is 1.02. The molecule has 0 aliphatic heterocycles. The van der Waals surface area contributed by atoms with Crippen LogP contribution in [0.5, 0.6) is 0 Å². The van der Waals surface area contributed by atoms with Crippen LogP contribution in [0.2, 0.25) is 0 Å². The van der Waals surface area contributed by atoms with Crippen LogP contribution < -0.4 is 29.4 Å². The molecule has 6 nitrogen and oxygen atoms in total. The van der Waals surface area contributed by atoms with Gasteiger partial charge in [0.1, 0.15) is 0 Å². The number of anilines is 18. The molecular formula is C86H76N6. The fourth-order valence-corrected chi connectivity index (χ4v) is 12.0. The predicted molar refractivity (Wildman–Crippen MR) is 392 cm³/mol. The summed E-state index contributed by atoms with van der Waals surface area (Å²) in [7, 11) is 0. The predicted octanol–water partition coefficient (Wildman–Crippen LogP) is 25.0. The Hall–Kier alpha value is -11.3. The molecule has 0 radical (unpaired) electrons. The highest BCUT2D eigenvalue weighted by Crippen LogP contribution is 2.46. The van der Waals surface area contributed by atoms with Crippen molar-refractivity contribution < 1.29 is 0 Å². The Morgan fingerprint density at radius 1 is 0.0978 bits per heavy atom. The molecule has 0 unspecified atom stereocenters. The highest BCUT2D eigenvalue weighted by atomic mass is 15.2. The smallest absolute Gasteiger partial charge is 0.0463 e. The van der Waals surface area contributed by atoms with Gasteiger partial charge in [-0.3, -0.25) is 0 Å². The van der Waals surface area contributed by atoms with E-state index in [4.69, 9.17) is 0 Å². The number of aryl methyl sites for hydroxylation is 8. The SMILES string of the molecule is Cc1ccc(N(c2ccc(C)cc2)c2ccc(N(c3ccc(N(c4ccc(C)cc4)c4ccc(C)cc4)cc3)c3ccc(N(c4ccc(N(c5ccc(C)cc5)c5ccc(C)cc5)cc4)c4ccc(N(c5ccc(C)cc5)c5ccc(C)cc5)cc4)cc3)cc2)cc1. The lowest BCUT2D eigenvalue weighted by Crippen LogP contribution is -2.14. The van der Waals surface area contributed by atoms with Gasteiger partial charge in [0.2, 0.25) is 0 Å². The first-order chi connectivity index (χ1) is 44.8. The maximum atomic E-state index is 2.37. The average Bonchev–Trinajstić information content (AvgIpc) is 2.35. The van der Waals surface area contributed by atoms with Gasteiger partial charge in [0.15, 0.2) is 0 Å². The average molecular weight is 1190 g/mol. The summed E-state index contributed by atoms with van der Waals surface area (Å²) in [6, 6.07) is 115. The van der Waals surface area contributed by atoms with Crippen molar-refractivity contribution in [2.45, 2.75) is 55.4 Å². The van der Waals surface area contributed by atoms with Gasteiger partial charge >= 0.3 is 0 Å². The summed E-state index contributed by atoms with van der Waals surface area (Å²) < 4.78 is 0. The Labute approximate surface area is 544 Å². The van der Waals surface area contributed by atoms with E-state index < -0.39 is 0 Å². The van der Waals surface area contributed by atoms with Crippen LogP contribution in [0.1, 0.15) is 44.5 Å². The first-order valence-electron chi connectivity index (χ1n) is 31.7. The molecule has 450 valence electrons. The van der Waals surface area contributed by atoms with E-state index in [2.05, 4.69) is 400 Å². The van der Waals surface area contributed by atoms with Gasteiger partial charge in [0, 0.05) is 102 Å². The van der Waals surface area contributed by atoms with Crippen LogP contribution in [-0.4, -0.2) is 0 Å². The van der Waals surface area contributed by atoms with E-state index in [9.17, 15) is 0 Å². The fraction of sp³-hybridized carbons (Fsp3) is 0.0930. The Kier molecular flexibility index (Phi) is 17.1. The third kappa shape index (κ3) is 13.1. The number of hydrogen-bond donors (Lipinski definition) is 0. The van der Waals surface area contributed by atoms with Crippen LogP contribution in [0.3, 0.4) is 0 Å². The lowest BCUT2D eigenvalue weighted by Gasteiger charge is -2.31. The van der Waals surface area contributed by atoms with Crippen LogP contribution >= 0.6 is 0 Å². The molecule has 0 aliphatic rings. The second-order valence-electron chi connectivity index (χ2n) is 24.3. The van der Waals surface area contributed by atoms with Crippen molar-refractivity contribution in [3.63, 3.8) is 0 Å². The first-order valence-corrected chi connectivity index (χ1v) is 31.7. The minimum absolute atomic E-state index is 1.02. The van der Waals surface area contributed by atoms with Crippen molar-refractivity contribution in [3.8, 4) is 0 Å². The van der Waals surface area contributed by atoms with E-state index in [1.54, 1.807) is 0 Å². The van der Waals surface area contributed by atoms with Crippen molar-refractivity contribution in [3.05, 3.63) is 360 Å². The molecular weight excluding hydrogens is 1120 g/mol. The topological polar surface area (TPSA) is 19.4 Å². The number of benzene rings is 13. The maximum Gasteiger partial charge on any atom is 0.0463 e. The lowest BCUT2D eigenvalue weighted by atomic mass is 10.1. The van der Waals surface area contributed by atoms with Crippen LogP contribution in [-0.2, 0) is 0 Å². The molecule has 0 spiro atoms. The van der Waals surface area contributed by atoms with Gasteiger partial charge in [-0.05, 0) is 274 Å². The van der Waals surface area contributed by atoms with Gasteiger partial charge in [0.05, 0.1) is 0 Å². The fourth-order valence-electron chi connectivity index (χ4n) is 12.0. The lowest BCUT2D eigenvalue weighted by molar-refractivity contribution is 1.23. The van der Waals surface area contributed by atoms with Crippen LogP contribution in [0.25, 0.3) is 0 Å². The molecule has 0 heterocycles. The molecule has 0 N–H and O–H groups in total. The zero-order valence-corrected chi connectivity index (χ0v) is 53.7. The van der Waals surface area contributed by atoms with E-state index >= 15 is 0 Å². The zero-order chi connectivity index (χ0) is 63.2. The highest BCUT2D eigenvalue weighted by Gasteiger charge is 2.22. The molecule has 6 heteroatoms. The Balaban J connectivity index is 0.923. The second kappa shape index (κ2) is 26.4. The van der Waals surface area contributed by atoms with Crippen LogP contribution in [0.15, 0.2) is 315 Å². The van der Waals surface area contributed by atoms with Crippen molar-refractivity contribution in [2.24, 2.45) is 0 Å². The van der Waals surface area contributed by atoms with Crippen molar-refractivity contribution in [2.75, 3.05) is 29.4 Å². The van der Waals surface area contributed by atoms with E-state index in [1.807, 2.05) is 0 Å². The monoisotopic (exact) mass is 1190 g/mol. The van der Waals surface area contributed by atoms with Crippen molar-refractivity contribution >= 4 is 102 Å². The van der Waals surface area contributed by atoms with E-state index in [-0.39, 0.29) is 0 Å². The molecule has 13 aromatic rings. The molecule has 0 saturated carbocycles. The summed E-state index contributed by atoms with van der Waals surface area (Å²) in [6.07, 6.45) is 0. The van der Waals surface area contributed by atoms with Gasteiger partial charge in [-0.1, -0.05) is 142 Å². The third-order valence-electron chi connectivity index (χ3n) is 17.2. The molecule has 0 saturated heterocycles. The number of rotatable bonds is 18. The summed E-state index contributed by atoms with van der Waals surface area (Å²) >= 11 is 0. The standard InChI is InChI=1S/C86H76N6/c1-61-9-25-69(26-10-61)87(70-27-11-62(2)12-28-70)77-41-49-81(50-42-77)91(82-51-43-78(44-52-82)88(71-29-13-63(3)14-30-71)72-31-15-64(4)16-32-72)85-57-59-86(60-58-85)92(83-53-45-79(46-54-83)89(73-33-17-65(5)18-34-73)74-35-19-66(6)20-36-74)84-55-47-80(48-56-84)90(75-37-21-67(7)22-38-75)76-39-23-68(8)24-40-76/h9-60H,1-8H3. The molecule has 0 aliphatic carbocycles. The quantitative estimate of drug-likeness (QED) is 0.0847. The summed E-state index contributed by atoms with van der Waals surface area (Å²) in [5, 5.41) is 0. The largest absolute Gasteiger partial charge is 0.311 e. The third-order valence-corrected chi connectivity index (χ3v) is 17.2. The highest BCUT2D eigenvalue weighted by molar-refractivity contribution is 5.87. The molecule has 13 aromatic carbocycles. The molecule has 0 atom stereocenters. The van der Waals surface area contributed by atoms with Gasteiger partial charge < -0.3 is 29.4 Å². The Morgan fingerprint density at radius 3 is 0.217 bits per heavy atom. The Bertz CT molecular complexity index is 3790. The summed E-state index contributed by atoms with van der Waals surface area (Å²) in [4.78, 5) is 14.1. The molecule has 0 aromatic heterocycles. The summed E-state index contributed by atoms with van der Waals surface area (Å²) in [6.45, 7) is 17.1. The minimum Gasteiger partial charge on any atom is -0.311 e. The van der Waals surface area contributed by atoms with Crippen molar-refractivity contribution in [1.82, 2.24) is 0 Å². The summed E-state index contributed by atoms with van der Waals surface area (Å²) in [5.74, 6) is 0. The molecule has 0 amide bonds. The van der Waals surface area contributed by atoms with Gasteiger partial charge in [-0.15, -0.1) is 0 Å². The van der Waals surface area contributed by atoms with Gasteiger partial charge in [0.25, 0.3) is 0 Å². The van der Waals surface area contributed by atoms with Crippen LogP contribution in [0, 0.1) is 55.4 Å². The van der Waals surface area contributed by atoms with Crippen molar-refractivity contribution in [1.29, 1.82) is 0 Å². The number of hydrogen-bond acceptors (Lipinski definition) is 6. The molecule has 13 rings (SSSR count). The normalized spacial score (nSPS) is 11.0. The van der Waals surface area contributed by atoms with Crippen LogP contribution in [0.4, 0.5) is 102 Å².